The highest BCUT2D eigenvalue weighted by Gasteiger charge is 2.21. The molecule has 33 heavy (non-hydrogen) atoms. The lowest BCUT2D eigenvalue weighted by Gasteiger charge is -2.32. The first kappa shape index (κ1) is 25.3. The molecule has 0 aliphatic carbocycles. The molecule has 0 radical (unpaired) electrons. The van der Waals surface area contributed by atoms with E-state index in [0.29, 0.717) is 6.61 Å². The fourth-order valence-electron chi connectivity index (χ4n) is 4.21. The third kappa shape index (κ3) is 8.50. The van der Waals surface area contributed by atoms with Gasteiger partial charge in [-0.1, -0.05) is 19.4 Å². The number of rotatable bonds is 10. The van der Waals surface area contributed by atoms with Gasteiger partial charge >= 0.3 is 6.09 Å². The summed E-state index contributed by atoms with van der Waals surface area (Å²) < 4.78 is 11.8. The van der Waals surface area contributed by atoms with E-state index >= 15 is 0 Å². The summed E-state index contributed by atoms with van der Waals surface area (Å²) in [6, 6.07) is 8.58. The number of piperidine rings is 1. The van der Waals surface area contributed by atoms with Gasteiger partial charge in [-0.2, -0.15) is 0 Å². The maximum absolute atomic E-state index is 11.7. The van der Waals surface area contributed by atoms with Crippen LogP contribution in [0.4, 0.5) is 4.79 Å². The first-order chi connectivity index (χ1) is 15.8. The minimum Gasteiger partial charge on any atom is -0.488 e. The Morgan fingerprint density at radius 3 is 2.70 bits per heavy atom. The highest BCUT2D eigenvalue weighted by atomic mass is 16.5. The Kier molecular flexibility index (Phi) is 9.36. The maximum atomic E-state index is 11.7. The van der Waals surface area contributed by atoms with Gasteiger partial charge in [0.05, 0.1) is 6.61 Å². The van der Waals surface area contributed by atoms with Crippen molar-refractivity contribution in [3.8, 4) is 5.75 Å². The van der Waals surface area contributed by atoms with Gasteiger partial charge in [0.1, 0.15) is 17.4 Å². The van der Waals surface area contributed by atoms with Crippen LogP contribution < -0.4 is 10.1 Å². The molecule has 1 amide bonds. The highest BCUT2D eigenvalue weighted by Crippen LogP contribution is 2.29. The van der Waals surface area contributed by atoms with Crippen LogP contribution in [0.1, 0.15) is 71.8 Å². The zero-order valence-electron chi connectivity index (χ0n) is 20.9. The molecule has 1 fully saturated rings. The van der Waals surface area contributed by atoms with Crippen LogP contribution in [0.15, 0.2) is 30.5 Å². The van der Waals surface area contributed by atoms with E-state index in [9.17, 15) is 4.79 Å². The molecule has 6 heteroatoms. The molecule has 1 aliphatic heterocycles. The average Bonchev–Trinajstić information content (AvgIpc) is 2.77. The second kappa shape index (κ2) is 12.2. The second-order valence-corrected chi connectivity index (χ2v) is 10.1. The van der Waals surface area contributed by atoms with Crippen LogP contribution in [0.2, 0.25) is 0 Å². The predicted molar refractivity (Wildman–Crippen MR) is 134 cm³/mol. The van der Waals surface area contributed by atoms with Crippen molar-refractivity contribution in [2.24, 2.45) is 0 Å². The Labute approximate surface area is 199 Å². The largest absolute Gasteiger partial charge is 0.488 e. The minimum atomic E-state index is -0.332. The van der Waals surface area contributed by atoms with Crippen molar-refractivity contribution in [3.63, 3.8) is 0 Å². The van der Waals surface area contributed by atoms with Gasteiger partial charge in [-0.25, -0.2) is 4.79 Å². The van der Waals surface area contributed by atoms with E-state index in [1.54, 1.807) is 0 Å². The van der Waals surface area contributed by atoms with Gasteiger partial charge in [0, 0.05) is 30.2 Å². The Morgan fingerprint density at radius 2 is 1.97 bits per heavy atom. The van der Waals surface area contributed by atoms with Crippen molar-refractivity contribution in [1.29, 1.82) is 0 Å². The summed E-state index contributed by atoms with van der Waals surface area (Å²) in [6.07, 6.45) is 9.18. The number of aromatic nitrogens is 1. The first-order valence-corrected chi connectivity index (χ1v) is 12.6. The number of fused-ring (bicyclic) bond motifs is 1. The molecule has 1 aromatic heterocycles. The number of carbonyl (C=O) groups is 1. The number of unbranched alkanes of at least 4 members (excludes halogenated alkanes) is 2. The highest BCUT2D eigenvalue weighted by molar-refractivity contribution is 5.85. The van der Waals surface area contributed by atoms with Crippen LogP contribution in [-0.4, -0.2) is 53.9 Å². The average molecular weight is 456 g/mol. The Balaban J connectivity index is 1.41. The van der Waals surface area contributed by atoms with Gasteiger partial charge in [-0.15, -0.1) is 0 Å². The number of ether oxygens (including phenoxy) is 2. The molecule has 2 aromatic rings. The van der Waals surface area contributed by atoms with E-state index in [2.05, 4.69) is 40.3 Å². The van der Waals surface area contributed by atoms with E-state index in [1.807, 2.05) is 33.0 Å². The van der Waals surface area contributed by atoms with Gasteiger partial charge in [0.15, 0.2) is 0 Å². The number of benzene rings is 1. The minimum absolute atomic E-state index is 0.234. The summed E-state index contributed by atoms with van der Waals surface area (Å²) in [5.74, 6) is 0.934. The normalized spacial score (nSPS) is 15.5. The van der Waals surface area contributed by atoms with Crippen LogP contribution in [0, 0.1) is 0 Å². The fourth-order valence-corrected chi connectivity index (χ4v) is 4.21. The Bertz CT molecular complexity index is 886. The summed E-state index contributed by atoms with van der Waals surface area (Å²) in [5, 5.41) is 3.98. The quantitative estimate of drug-likeness (QED) is 0.464. The lowest BCUT2D eigenvalue weighted by atomic mass is 10.0. The second-order valence-electron chi connectivity index (χ2n) is 10.1. The molecule has 0 bridgehead atoms. The van der Waals surface area contributed by atoms with Crippen molar-refractivity contribution >= 4 is 17.0 Å². The van der Waals surface area contributed by atoms with Crippen LogP contribution in [0.25, 0.3) is 10.9 Å². The monoisotopic (exact) mass is 455 g/mol. The van der Waals surface area contributed by atoms with Gasteiger partial charge in [0.25, 0.3) is 0 Å². The smallest absolute Gasteiger partial charge is 0.407 e. The topological polar surface area (TPSA) is 63.7 Å². The summed E-state index contributed by atoms with van der Waals surface area (Å²) in [6.45, 7) is 11.7. The first-order valence-electron chi connectivity index (χ1n) is 12.6. The number of amides is 1. The van der Waals surface area contributed by atoms with Crippen molar-refractivity contribution < 1.29 is 14.3 Å². The van der Waals surface area contributed by atoms with E-state index < -0.39 is 0 Å². The molecule has 3 rings (SSSR count). The molecule has 1 aromatic carbocycles. The molecule has 0 spiro atoms. The zero-order chi connectivity index (χ0) is 23.7. The van der Waals surface area contributed by atoms with Crippen LogP contribution in [0.5, 0.6) is 5.75 Å². The van der Waals surface area contributed by atoms with Crippen molar-refractivity contribution in [1.82, 2.24) is 15.2 Å². The molecule has 0 saturated carbocycles. The maximum Gasteiger partial charge on any atom is 0.407 e. The predicted octanol–water partition coefficient (Wildman–Crippen LogP) is 5.73. The third-order valence-electron chi connectivity index (χ3n) is 5.96. The van der Waals surface area contributed by atoms with Gasteiger partial charge in [-0.05, 0) is 89.6 Å². The standard InChI is InChI=1S/C27H41N3O3/c1-5-6-10-21-19-22-11-9-14-28-25(22)24(20-21)33-23-12-16-30(17-13-23)15-7-8-18-32-26(31)29-27(2,3)4/h9,11,14,19-20,23H,5-8,10,12-13,15-18H2,1-4H3,(H,29,31). The molecule has 1 N–H and O–H groups in total. The molecule has 1 aliphatic rings. The number of nitrogens with one attached hydrogen (secondary N) is 1. The van der Waals surface area contributed by atoms with Crippen LogP contribution in [0.3, 0.4) is 0 Å². The van der Waals surface area contributed by atoms with Gasteiger partial charge in [-0.3, -0.25) is 4.98 Å². The van der Waals surface area contributed by atoms with Crippen LogP contribution >= 0.6 is 0 Å². The van der Waals surface area contributed by atoms with E-state index in [1.165, 1.54) is 18.4 Å². The number of pyridine rings is 1. The van der Waals surface area contributed by atoms with Crippen LogP contribution in [-0.2, 0) is 11.2 Å². The SMILES string of the molecule is CCCCc1cc(OC2CCN(CCCCOC(=O)NC(C)(C)C)CC2)c2ncccc2c1. The number of alkyl carbamates (subject to hydrolysis) is 1. The van der Waals surface area contributed by atoms with Crippen molar-refractivity contribution in [2.45, 2.75) is 84.3 Å². The Hall–Kier alpha value is -2.34. The van der Waals surface area contributed by atoms with Crippen molar-refractivity contribution in [2.75, 3.05) is 26.2 Å². The summed E-state index contributed by atoms with van der Waals surface area (Å²) in [4.78, 5) is 18.8. The summed E-state index contributed by atoms with van der Waals surface area (Å²) in [5.41, 5.74) is 2.04. The number of likely N-dealkylation sites (tertiary alicyclic amines) is 1. The molecule has 0 atom stereocenters. The van der Waals surface area contributed by atoms with E-state index in [-0.39, 0.29) is 17.7 Å². The lowest BCUT2D eigenvalue weighted by Crippen LogP contribution is -2.41. The number of carbonyl (C=O) groups excluding carboxylic acids is 1. The number of hydrogen-bond acceptors (Lipinski definition) is 5. The van der Waals surface area contributed by atoms with E-state index in [0.717, 1.165) is 68.4 Å². The Morgan fingerprint density at radius 1 is 1.18 bits per heavy atom. The fraction of sp³-hybridized carbons (Fsp3) is 0.630. The number of hydrogen-bond donors (Lipinski definition) is 1. The number of nitrogens with zero attached hydrogens (tertiary/aromatic N) is 2. The molecule has 182 valence electrons. The van der Waals surface area contributed by atoms with Gasteiger partial charge in [0.2, 0.25) is 0 Å². The molecule has 2 heterocycles. The third-order valence-corrected chi connectivity index (χ3v) is 5.96. The number of aryl methyl sites for hydroxylation is 1. The van der Waals surface area contributed by atoms with E-state index in [4.69, 9.17) is 9.47 Å². The van der Waals surface area contributed by atoms with Gasteiger partial charge < -0.3 is 19.7 Å². The molecule has 0 unspecified atom stereocenters. The summed E-state index contributed by atoms with van der Waals surface area (Å²) in [7, 11) is 0. The molecule has 1 saturated heterocycles. The zero-order valence-corrected chi connectivity index (χ0v) is 20.9. The summed E-state index contributed by atoms with van der Waals surface area (Å²) >= 11 is 0. The molecular formula is C27H41N3O3. The molecule has 6 nitrogen and oxygen atoms in total. The lowest BCUT2D eigenvalue weighted by molar-refractivity contribution is 0.0976. The molecular weight excluding hydrogens is 414 g/mol. The van der Waals surface area contributed by atoms with Crippen molar-refractivity contribution in [3.05, 3.63) is 36.0 Å².